The summed E-state index contributed by atoms with van der Waals surface area (Å²) < 4.78 is 64.5. The third-order valence-corrected chi connectivity index (χ3v) is 14.9. The van der Waals surface area contributed by atoms with Crippen molar-refractivity contribution in [3.8, 4) is 62.5 Å². The summed E-state index contributed by atoms with van der Waals surface area (Å²) in [6.07, 6.45) is 1.33. The molecule has 3 heterocycles. The van der Waals surface area contributed by atoms with E-state index in [2.05, 4.69) is 115 Å². The first-order chi connectivity index (χ1) is 39.7. The fourth-order valence-electron chi connectivity index (χ4n) is 9.92. The number of esters is 2. The molecule has 10 rings (SSSR count). The highest BCUT2D eigenvalue weighted by Crippen LogP contribution is 2.56. The standard InChI is InChI=1S/C53H56O11.C16H16O2/c1-10-45(54)62-43(25-56-9)28-57-40-21-17-37(18-22-40)38-19-23-41(24-20-38)58-29-44(63-46(55)11-2)30-61-51-32(4)34(6)53-48(36(51)8)49(39-15-13-12-14-16-39)47-35(7)50(60-27-42-26-59-42)31(3)33(5)52(47)64-53;1-12-2-4-13(5-3-12)14-6-8-15(9-7-14)17-10-16-11-18-16/h10-24,42-44,49H,1-2,25-30H2,3-9H3;2-9,16H,10-11H2,1H3. The lowest BCUT2D eigenvalue weighted by molar-refractivity contribution is -0.147. The van der Waals surface area contributed by atoms with Gasteiger partial charge in [-0.3, -0.25) is 0 Å². The van der Waals surface area contributed by atoms with Crippen LogP contribution in [-0.4, -0.2) is 96.3 Å². The number of fused-ring (bicyclic) bond motifs is 2. The van der Waals surface area contributed by atoms with Gasteiger partial charge < -0.3 is 52.1 Å². The lowest BCUT2D eigenvalue weighted by Crippen LogP contribution is -2.31. The molecule has 82 heavy (non-hydrogen) atoms. The fraction of sp³-hybridized carbons (Fsp3) is 0.304. The van der Waals surface area contributed by atoms with E-state index in [1.165, 1.54) is 23.8 Å². The molecule has 0 spiro atoms. The lowest BCUT2D eigenvalue weighted by Gasteiger charge is -2.36. The molecule has 7 aromatic rings. The largest absolute Gasteiger partial charge is 0.491 e. The number of hydrogen-bond donors (Lipinski definition) is 0. The molecule has 0 saturated carbocycles. The Bertz CT molecular complexity index is 3340. The Morgan fingerprint density at radius 3 is 1.30 bits per heavy atom. The summed E-state index contributed by atoms with van der Waals surface area (Å²) in [6, 6.07) is 42.4. The first-order valence-corrected chi connectivity index (χ1v) is 27.6. The smallest absolute Gasteiger partial charge is 0.330 e. The van der Waals surface area contributed by atoms with Crippen molar-refractivity contribution in [3.63, 3.8) is 0 Å². The molecule has 0 amide bonds. The average molecular weight is 1110 g/mol. The van der Waals surface area contributed by atoms with Crippen LogP contribution in [-0.2, 0) is 33.3 Å². The van der Waals surface area contributed by atoms with E-state index in [0.717, 1.165) is 103 Å². The van der Waals surface area contributed by atoms with Crippen molar-refractivity contribution < 1.29 is 61.7 Å². The van der Waals surface area contributed by atoms with E-state index >= 15 is 0 Å². The normalized spacial score (nSPS) is 16.0. The molecule has 0 radical (unpaired) electrons. The van der Waals surface area contributed by atoms with Gasteiger partial charge in [-0.15, -0.1) is 0 Å². The Labute approximate surface area is 481 Å². The Balaban J connectivity index is 0.000000378. The molecule has 0 N–H and O–H groups in total. The Morgan fingerprint density at radius 1 is 0.488 bits per heavy atom. The minimum Gasteiger partial charge on any atom is -0.491 e. The van der Waals surface area contributed by atoms with Gasteiger partial charge in [-0.25, -0.2) is 9.59 Å². The number of carbonyl (C=O) groups is 2. The van der Waals surface area contributed by atoms with E-state index < -0.39 is 24.1 Å². The Kier molecular flexibility index (Phi) is 19.2. The summed E-state index contributed by atoms with van der Waals surface area (Å²) in [7, 11) is 1.53. The van der Waals surface area contributed by atoms with Gasteiger partial charge in [-0.05, 0) is 146 Å². The van der Waals surface area contributed by atoms with Crippen LogP contribution in [0.25, 0.3) is 22.3 Å². The van der Waals surface area contributed by atoms with Gasteiger partial charge >= 0.3 is 11.9 Å². The van der Waals surface area contributed by atoms with E-state index in [1.54, 1.807) is 0 Å². The summed E-state index contributed by atoms with van der Waals surface area (Å²) in [5.74, 6) is 4.04. The average Bonchev–Trinajstić information content (AvgIpc) is 4.42. The van der Waals surface area contributed by atoms with Gasteiger partial charge in [0.05, 0.1) is 19.8 Å². The predicted octanol–water partition coefficient (Wildman–Crippen LogP) is 13.4. The number of epoxide rings is 2. The molecule has 13 nitrogen and oxygen atoms in total. The summed E-state index contributed by atoms with van der Waals surface area (Å²) in [5.41, 5.74) is 14.8. The van der Waals surface area contributed by atoms with Crippen LogP contribution in [0.5, 0.6) is 40.2 Å². The fourth-order valence-corrected chi connectivity index (χ4v) is 9.92. The van der Waals surface area contributed by atoms with Gasteiger partial charge in [-0.1, -0.05) is 110 Å². The second-order valence-corrected chi connectivity index (χ2v) is 20.7. The van der Waals surface area contributed by atoms with Gasteiger partial charge in [0.2, 0.25) is 0 Å². The van der Waals surface area contributed by atoms with Crippen molar-refractivity contribution in [1.82, 2.24) is 0 Å². The van der Waals surface area contributed by atoms with Crippen LogP contribution in [0, 0.1) is 48.5 Å². The maximum atomic E-state index is 12.6. The molecule has 2 fully saturated rings. The topological polar surface area (TPSA) is 142 Å². The number of ether oxygens (including phenoxy) is 11. The van der Waals surface area contributed by atoms with Crippen molar-refractivity contribution in [1.29, 1.82) is 0 Å². The first-order valence-electron chi connectivity index (χ1n) is 27.6. The highest BCUT2D eigenvalue weighted by atomic mass is 16.6. The highest BCUT2D eigenvalue weighted by Gasteiger charge is 2.38. The van der Waals surface area contributed by atoms with Crippen LogP contribution in [0.2, 0.25) is 0 Å². The van der Waals surface area contributed by atoms with Crippen molar-refractivity contribution >= 4 is 11.9 Å². The highest BCUT2D eigenvalue weighted by molar-refractivity contribution is 5.82. The van der Waals surface area contributed by atoms with E-state index in [0.29, 0.717) is 43.2 Å². The second-order valence-electron chi connectivity index (χ2n) is 20.7. The predicted molar refractivity (Wildman–Crippen MR) is 316 cm³/mol. The van der Waals surface area contributed by atoms with Crippen LogP contribution >= 0.6 is 0 Å². The molecule has 2 saturated heterocycles. The van der Waals surface area contributed by atoms with E-state index in [9.17, 15) is 9.59 Å². The molecule has 0 aliphatic carbocycles. The van der Waals surface area contributed by atoms with Gasteiger partial charge in [0.15, 0.2) is 12.2 Å². The van der Waals surface area contributed by atoms with Crippen molar-refractivity contribution in [2.24, 2.45) is 0 Å². The lowest BCUT2D eigenvalue weighted by atomic mass is 9.76. The monoisotopic (exact) mass is 1110 g/mol. The second kappa shape index (κ2) is 26.9. The number of benzene rings is 7. The molecule has 5 atom stereocenters. The minimum atomic E-state index is -0.762. The van der Waals surface area contributed by atoms with Gasteiger partial charge in [0.1, 0.15) is 85.5 Å². The van der Waals surface area contributed by atoms with E-state index in [1.807, 2.05) is 73.7 Å². The third-order valence-electron chi connectivity index (χ3n) is 14.9. The maximum absolute atomic E-state index is 12.6. The molecule has 7 aromatic carbocycles. The van der Waals surface area contributed by atoms with Crippen LogP contribution in [0.3, 0.4) is 0 Å². The third kappa shape index (κ3) is 14.4. The SMILES string of the molecule is C=CC(=O)OC(COC)COc1ccc(-c2ccc(OCC(COc3c(C)c(C)c4c(c3C)C(c3ccccc3)c3c(C)c(OCC5CO5)c(C)c(C)c3O4)OC(=O)C=C)cc2)cc1.Cc1ccc(-c2ccc(OCC3CO3)cc2)cc1. The quantitative estimate of drug-likeness (QED) is 0.0322. The summed E-state index contributed by atoms with van der Waals surface area (Å²) in [4.78, 5) is 24.3. The molecule has 0 bridgehead atoms. The number of rotatable bonds is 24. The van der Waals surface area contributed by atoms with Gasteiger partial charge in [0, 0.05) is 36.3 Å². The summed E-state index contributed by atoms with van der Waals surface area (Å²) in [6.45, 7) is 24.7. The number of hydrogen-bond acceptors (Lipinski definition) is 13. The molecular formula is C69H72O13. The maximum Gasteiger partial charge on any atom is 0.330 e. The number of methoxy groups -OCH3 is 1. The molecule has 3 aliphatic rings. The molecule has 3 aliphatic heterocycles. The van der Waals surface area contributed by atoms with Gasteiger partial charge in [-0.2, -0.15) is 0 Å². The first kappa shape index (κ1) is 58.3. The summed E-state index contributed by atoms with van der Waals surface area (Å²) >= 11 is 0. The van der Waals surface area contributed by atoms with Crippen LogP contribution in [0.1, 0.15) is 61.6 Å². The Morgan fingerprint density at radius 2 is 0.878 bits per heavy atom. The van der Waals surface area contributed by atoms with Crippen LogP contribution in [0.4, 0.5) is 0 Å². The zero-order valence-electron chi connectivity index (χ0n) is 48.0. The number of aryl methyl sites for hydroxylation is 1. The molecule has 5 unspecified atom stereocenters. The van der Waals surface area contributed by atoms with Crippen LogP contribution < -0.4 is 28.4 Å². The van der Waals surface area contributed by atoms with Crippen molar-refractivity contribution in [2.75, 3.05) is 60.0 Å². The molecule has 13 heteroatoms. The number of carbonyl (C=O) groups excluding carboxylic acids is 2. The molecule has 426 valence electrons. The summed E-state index contributed by atoms with van der Waals surface area (Å²) in [5, 5.41) is 0. The molecule has 0 aromatic heterocycles. The van der Waals surface area contributed by atoms with Crippen molar-refractivity contribution in [2.45, 2.75) is 78.8 Å². The van der Waals surface area contributed by atoms with Gasteiger partial charge in [0.25, 0.3) is 0 Å². The van der Waals surface area contributed by atoms with E-state index in [4.69, 9.17) is 52.1 Å². The van der Waals surface area contributed by atoms with Crippen LogP contribution in [0.15, 0.2) is 153 Å². The van der Waals surface area contributed by atoms with Crippen molar-refractivity contribution in [3.05, 3.63) is 208 Å². The Hall–Kier alpha value is -8.36. The minimum absolute atomic E-state index is 0.0287. The zero-order valence-corrected chi connectivity index (χ0v) is 48.0. The zero-order chi connectivity index (χ0) is 57.9. The van der Waals surface area contributed by atoms with E-state index in [-0.39, 0.29) is 38.4 Å². The molecular weight excluding hydrogens is 1040 g/mol.